The van der Waals surface area contributed by atoms with Crippen LogP contribution < -0.4 is 5.32 Å². The molecule has 1 aliphatic rings. The van der Waals surface area contributed by atoms with Crippen molar-refractivity contribution >= 4 is 22.4 Å². The molecule has 2 aromatic heterocycles. The molecule has 0 amide bonds. The molecule has 0 radical (unpaired) electrons. The summed E-state index contributed by atoms with van der Waals surface area (Å²) in [6.45, 7) is 2.84. The summed E-state index contributed by atoms with van der Waals surface area (Å²) in [6, 6.07) is 11.5. The Labute approximate surface area is 121 Å². The molecule has 0 spiro atoms. The maximum atomic E-state index is 12.6. The quantitative estimate of drug-likeness (QED) is 0.610. The molecule has 0 unspecified atom stereocenters. The van der Waals surface area contributed by atoms with Crippen molar-refractivity contribution in [1.29, 1.82) is 0 Å². The highest BCUT2D eigenvalue weighted by Crippen LogP contribution is 2.38. The van der Waals surface area contributed by atoms with Gasteiger partial charge < -0.3 is 5.32 Å². The van der Waals surface area contributed by atoms with Crippen LogP contribution in [0.4, 0.5) is 5.82 Å². The van der Waals surface area contributed by atoms with Crippen molar-refractivity contribution < 1.29 is 4.79 Å². The number of rotatable bonds is 2. The summed E-state index contributed by atoms with van der Waals surface area (Å²) in [5, 5.41) is 5.08. The van der Waals surface area contributed by atoms with Crippen LogP contribution in [0.5, 0.6) is 0 Å². The van der Waals surface area contributed by atoms with E-state index < -0.39 is 0 Å². The molecule has 102 valence electrons. The molecular weight excluding hydrogens is 262 g/mol. The SMILES string of the molecule is CCNc1cc2ccnc3c2c(n1)-c1ccccc1C3=O. The van der Waals surface area contributed by atoms with E-state index in [2.05, 4.69) is 10.3 Å². The highest BCUT2D eigenvalue weighted by atomic mass is 16.1. The first-order valence-corrected chi connectivity index (χ1v) is 6.97. The van der Waals surface area contributed by atoms with Gasteiger partial charge in [-0.15, -0.1) is 0 Å². The van der Waals surface area contributed by atoms with Crippen LogP contribution >= 0.6 is 0 Å². The molecule has 0 atom stereocenters. The van der Waals surface area contributed by atoms with E-state index >= 15 is 0 Å². The van der Waals surface area contributed by atoms with Gasteiger partial charge in [0.15, 0.2) is 0 Å². The highest BCUT2D eigenvalue weighted by molar-refractivity contribution is 6.24. The summed E-state index contributed by atoms with van der Waals surface area (Å²) in [5.74, 6) is 0.794. The number of pyridine rings is 2. The number of benzene rings is 1. The maximum absolute atomic E-state index is 12.6. The second kappa shape index (κ2) is 4.38. The largest absolute Gasteiger partial charge is 0.370 e. The lowest BCUT2D eigenvalue weighted by molar-refractivity contribution is 0.103. The van der Waals surface area contributed by atoms with Gasteiger partial charge in [0.1, 0.15) is 11.5 Å². The molecule has 4 rings (SSSR count). The molecule has 3 aromatic rings. The summed E-state index contributed by atoms with van der Waals surface area (Å²) in [4.78, 5) is 21.6. The molecule has 4 heteroatoms. The van der Waals surface area contributed by atoms with E-state index in [4.69, 9.17) is 4.98 Å². The van der Waals surface area contributed by atoms with Gasteiger partial charge in [0, 0.05) is 29.3 Å². The van der Waals surface area contributed by atoms with Gasteiger partial charge in [-0.3, -0.25) is 9.78 Å². The summed E-state index contributed by atoms with van der Waals surface area (Å²) in [6.07, 6.45) is 1.68. The summed E-state index contributed by atoms with van der Waals surface area (Å²) in [5.41, 5.74) is 2.89. The van der Waals surface area contributed by atoms with E-state index in [0.29, 0.717) is 11.3 Å². The monoisotopic (exact) mass is 275 g/mol. The molecule has 0 bridgehead atoms. The minimum absolute atomic E-state index is 0.0262. The summed E-state index contributed by atoms with van der Waals surface area (Å²) >= 11 is 0. The van der Waals surface area contributed by atoms with E-state index in [0.717, 1.165) is 34.4 Å². The highest BCUT2D eigenvalue weighted by Gasteiger charge is 2.27. The van der Waals surface area contributed by atoms with Crippen LogP contribution in [0, 0.1) is 0 Å². The first kappa shape index (κ1) is 12.0. The van der Waals surface area contributed by atoms with Gasteiger partial charge in [0.25, 0.3) is 0 Å². The predicted molar refractivity (Wildman–Crippen MR) is 82.6 cm³/mol. The lowest BCUT2D eigenvalue weighted by atomic mass is 9.89. The van der Waals surface area contributed by atoms with E-state index in [9.17, 15) is 4.79 Å². The van der Waals surface area contributed by atoms with Crippen LogP contribution in [0.3, 0.4) is 0 Å². The second-order valence-electron chi connectivity index (χ2n) is 5.02. The number of aromatic nitrogens is 2. The van der Waals surface area contributed by atoms with Crippen LogP contribution in [0.1, 0.15) is 23.0 Å². The van der Waals surface area contributed by atoms with Crippen molar-refractivity contribution in [2.75, 3.05) is 11.9 Å². The van der Waals surface area contributed by atoms with Crippen LogP contribution in [-0.4, -0.2) is 22.3 Å². The van der Waals surface area contributed by atoms with Crippen molar-refractivity contribution in [3.63, 3.8) is 0 Å². The fourth-order valence-corrected chi connectivity index (χ4v) is 2.86. The standard InChI is InChI=1S/C17H13N3O/c1-2-18-13-9-10-7-8-19-16-14(10)15(20-13)11-5-3-4-6-12(11)17(16)21/h3-9H,2H2,1H3,(H,18,20). The number of hydrogen-bond acceptors (Lipinski definition) is 4. The van der Waals surface area contributed by atoms with Crippen molar-refractivity contribution in [1.82, 2.24) is 9.97 Å². The Bertz CT molecular complexity index is 886. The number of carbonyl (C=O) groups excluding carboxylic acids is 1. The van der Waals surface area contributed by atoms with Crippen LogP contribution in [0.2, 0.25) is 0 Å². The van der Waals surface area contributed by atoms with Gasteiger partial charge in [-0.25, -0.2) is 4.98 Å². The maximum Gasteiger partial charge on any atom is 0.212 e. The molecule has 4 nitrogen and oxygen atoms in total. The number of fused-ring (bicyclic) bond motifs is 2. The Hall–Kier alpha value is -2.75. The smallest absolute Gasteiger partial charge is 0.212 e. The van der Waals surface area contributed by atoms with Crippen LogP contribution in [0.15, 0.2) is 42.6 Å². The number of hydrogen-bond donors (Lipinski definition) is 1. The number of carbonyl (C=O) groups is 1. The van der Waals surface area contributed by atoms with Crippen molar-refractivity contribution in [2.24, 2.45) is 0 Å². The van der Waals surface area contributed by atoms with Gasteiger partial charge >= 0.3 is 0 Å². The van der Waals surface area contributed by atoms with Crippen molar-refractivity contribution in [2.45, 2.75) is 6.92 Å². The molecule has 0 saturated heterocycles. The summed E-state index contributed by atoms with van der Waals surface area (Å²) in [7, 11) is 0. The molecule has 0 aliphatic heterocycles. The van der Waals surface area contributed by atoms with E-state index in [1.165, 1.54) is 0 Å². The molecule has 1 aromatic carbocycles. The molecule has 1 aliphatic carbocycles. The zero-order valence-electron chi connectivity index (χ0n) is 11.6. The third-order valence-corrected chi connectivity index (χ3v) is 3.74. The minimum atomic E-state index is -0.0262. The molecule has 2 heterocycles. The number of nitrogens with zero attached hydrogens (tertiary/aromatic N) is 2. The Kier molecular flexibility index (Phi) is 2.51. The lowest BCUT2D eigenvalue weighted by Gasteiger charge is -2.19. The number of anilines is 1. The molecule has 1 N–H and O–H groups in total. The lowest BCUT2D eigenvalue weighted by Crippen LogP contribution is -2.13. The fourth-order valence-electron chi connectivity index (χ4n) is 2.86. The summed E-state index contributed by atoms with van der Waals surface area (Å²) < 4.78 is 0. The minimum Gasteiger partial charge on any atom is -0.370 e. The molecule has 21 heavy (non-hydrogen) atoms. The number of ketones is 1. The zero-order chi connectivity index (χ0) is 14.4. The third-order valence-electron chi connectivity index (χ3n) is 3.74. The molecular formula is C17H13N3O. The van der Waals surface area contributed by atoms with Gasteiger partial charge in [0.05, 0.1) is 5.69 Å². The average Bonchev–Trinajstić information content (AvgIpc) is 2.52. The third kappa shape index (κ3) is 1.65. The Balaban J connectivity index is 2.15. The normalized spacial score (nSPS) is 12.3. The van der Waals surface area contributed by atoms with E-state index in [1.807, 2.05) is 43.3 Å². The first-order chi connectivity index (χ1) is 10.3. The Morgan fingerprint density at radius 2 is 1.90 bits per heavy atom. The molecule has 0 fully saturated rings. The molecule has 0 saturated carbocycles. The van der Waals surface area contributed by atoms with E-state index in [-0.39, 0.29) is 5.78 Å². The Morgan fingerprint density at radius 3 is 2.71 bits per heavy atom. The average molecular weight is 275 g/mol. The van der Waals surface area contributed by atoms with E-state index in [1.54, 1.807) is 6.20 Å². The van der Waals surface area contributed by atoms with Gasteiger partial charge in [-0.1, -0.05) is 24.3 Å². The Morgan fingerprint density at radius 1 is 1.10 bits per heavy atom. The number of nitrogens with one attached hydrogen (secondary N) is 1. The fraction of sp³-hybridized carbons (Fsp3) is 0.118. The topological polar surface area (TPSA) is 54.9 Å². The van der Waals surface area contributed by atoms with Gasteiger partial charge in [0.2, 0.25) is 5.78 Å². The van der Waals surface area contributed by atoms with Crippen LogP contribution in [0.25, 0.3) is 22.0 Å². The first-order valence-electron chi connectivity index (χ1n) is 6.97. The zero-order valence-corrected chi connectivity index (χ0v) is 11.6. The predicted octanol–water partition coefficient (Wildman–Crippen LogP) is 3.27. The van der Waals surface area contributed by atoms with Crippen molar-refractivity contribution in [3.8, 4) is 11.3 Å². The van der Waals surface area contributed by atoms with Gasteiger partial charge in [-0.2, -0.15) is 0 Å². The van der Waals surface area contributed by atoms with Crippen LogP contribution in [-0.2, 0) is 0 Å². The van der Waals surface area contributed by atoms with Crippen molar-refractivity contribution in [3.05, 3.63) is 53.9 Å². The second-order valence-corrected chi connectivity index (χ2v) is 5.02. The van der Waals surface area contributed by atoms with Gasteiger partial charge in [-0.05, 0) is 24.4 Å².